The van der Waals surface area contributed by atoms with Crippen LogP contribution >= 0.6 is 11.8 Å². The van der Waals surface area contributed by atoms with E-state index in [-0.39, 0.29) is 16.6 Å². The molecule has 110 valence electrons. The van der Waals surface area contributed by atoms with Crippen LogP contribution in [0.2, 0.25) is 0 Å². The van der Waals surface area contributed by atoms with Crippen LogP contribution in [0.4, 0.5) is 11.4 Å². The molecule has 1 aromatic rings. The Balaban J connectivity index is 2.31. The van der Waals surface area contributed by atoms with Gasteiger partial charge < -0.3 is 5.73 Å². The Labute approximate surface area is 121 Å². The van der Waals surface area contributed by atoms with Crippen molar-refractivity contribution in [1.82, 2.24) is 4.72 Å². The summed E-state index contributed by atoms with van der Waals surface area (Å²) in [5.74, 6) is 1.77. The van der Waals surface area contributed by atoms with Crippen LogP contribution in [-0.4, -0.2) is 30.9 Å². The average molecular weight is 317 g/mol. The van der Waals surface area contributed by atoms with Crippen molar-refractivity contribution in [3.8, 4) is 0 Å². The van der Waals surface area contributed by atoms with Gasteiger partial charge in [-0.15, -0.1) is 0 Å². The van der Waals surface area contributed by atoms with E-state index in [1.165, 1.54) is 12.1 Å². The topological polar surface area (TPSA) is 115 Å². The lowest BCUT2D eigenvalue weighted by Gasteiger charge is -2.22. The number of hydrogen-bond donors (Lipinski definition) is 2. The number of benzene rings is 1. The highest BCUT2D eigenvalue weighted by molar-refractivity contribution is 7.99. The van der Waals surface area contributed by atoms with Crippen LogP contribution in [0.1, 0.15) is 12.8 Å². The van der Waals surface area contributed by atoms with Gasteiger partial charge in [-0.3, -0.25) is 10.1 Å². The van der Waals surface area contributed by atoms with Gasteiger partial charge in [-0.1, -0.05) is 0 Å². The molecule has 0 amide bonds. The minimum Gasteiger partial charge on any atom is -0.399 e. The van der Waals surface area contributed by atoms with Crippen molar-refractivity contribution in [3.63, 3.8) is 0 Å². The maximum absolute atomic E-state index is 12.3. The van der Waals surface area contributed by atoms with Gasteiger partial charge in [0.2, 0.25) is 10.0 Å². The molecule has 1 fully saturated rings. The lowest BCUT2D eigenvalue weighted by Crippen LogP contribution is -2.37. The van der Waals surface area contributed by atoms with E-state index in [1.54, 1.807) is 11.8 Å². The molecule has 0 bridgehead atoms. The fourth-order valence-corrected chi connectivity index (χ4v) is 4.57. The predicted molar refractivity (Wildman–Crippen MR) is 78.2 cm³/mol. The first-order chi connectivity index (χ1) is 9.40. The number of nitrogens with zero attached hydrogens (tertiary/aromatic N) is 1. The molecule has 0 radical (unpaired) electrons. The van der Waals surface area contributed by atoms with Crippen LogP contribution in [0.3, 0.4) is 0 Å². The van der Waals surface area contributed by atoms with Crippen LogP contribution < -0.4 is 10.5 Å². The molecule has 0 atom stereocenters. The lowest BCUT2D eigenvalue weighted by atomic mass is 10.2. The van der Waals surface area contributed by atoms with Crippen LogP contribution in [-0.2, 0) is 10.0 Å². The Morgan fingerprint density at radius 2 is 2.00 bits per heavy atom. The highest BCUT2D eigenvalue weighted by Crippen LogP contribution is 2.27. The number of nitrogens with one attached hydrogen (secondary N) is 1. The fourth-order valence-electron chi connectivity index (χ4n) is 2.00. The summed E-state index contributed by atoms with van der Waals surface area (Å²) in [6.45, 7) is 0. The van der Waals surface area contributed by atoms with Crippen molar-refractivity contribution in [2.45, 2.75) is 23.8 Å². The van der Waals surface area contributed by atoms with Crippen molar-refractivity contribution < 1.29 is 13.3 Å². The van der Waals surface area contributed by atoms with Crippen LogP contribution in [0.5, 0.6) is 0 Å². The average Bonchev–Trinajstić information content (AvgIpc) is 2.38. The highest BCUT2D eigenvalue weighted by atomic mass is 32.2. The number of rotatable bonds is 4. The molecule has 1 heterocycles. The third-order valence-corrected chi connectivity index (χ3v) is 5.63. The molecule has 1 aliphatic rings. The molecular formula is C11H15N3O4S2. The number of nitrogens with two attached hydrogens (primary N) is 1. The number of nitrogen functional groups attached to an aromatic ring is 1. The number of nitro groups is 1. The molecule has 1 aliphatic heterocycles. The second-order valence-corrected chi connectivity index (χ2v) is 7.40. The second-order valence-electron chi connectivity index (χ2n) is 4.49. The van der Waals surface area contributed by atoms with Gasteiger partial charge in [0.1, 0.15) is 0 Å². The zero-order chi connectivity index (χ0) is 14.8. The van der Waals surface area contributed by atoms with E-state index in [9.17, 15) is 18.5 Å². The molecule has 3 N–H and O–H groups in total. The van der Waals surface area contributed by atoms with Crippen molar-refractivity contribution in [1.29, 1.82) is 0 Å². The van der Waals surface area contributed by atoms with E-state index in [0.717, 1.165) is 30.4 Å². The quantitative estimate of drug-likeness (QED) is 0.492. The van der Waals surface area contributed by atoms with E-state index in [1.807, 2.05) is 0 Å². The van der Waals surface area contributed by atoms with E-state index in [2.05, 4.69) is 4.72 Å². The summed E-state index contributed by atoms with van der Waals surface area (Å²) >= 11 is 1.77. The first-order valence-corrected chi connectivity index (χ1v) is 8.68. The van der Waals surface area contributed by atoms with E-state index in [0.29, 0.717) is 0 Å². The summed E-state index contributed by atoms with van der Waals surface area (Å²) < 4.78 is 27.1. The molecule has 2 rings (SSSR count). The van der Waals surface area contributed by atoms with E-state index >= 15 is 0 Å². The Bertz CT molecular complexity index is 612. The molecule has 0 aliphatic carbocycles. The van der Waals surface area contributed by atoms with Gasteiger partial charge in [-0.2, -0.15) is 11.8 Å². The largest absolute Gasteiger partial charge is 0.399 e. The number of nitro benzene ring substituents is 1. The summed E-state index contributed by atoms with van der Waals surface area (Å²) in [6, 6.07) is 3.41. The normalized spacial score (nSPS) is 17.0. The summed E-state index contributed by atoms with van der Waals surface area (Å²) in [5, 5.41) is 11.0. The molecule has 20 heavy (non-hydrogen) atoms. The predicted octanol–water partition coefficient (Wildman–Crippen LogP) is 1.35. The molecule has 0 unspecified atom stereocenters. The molecule has 0 saturated carbocycles. The van der Waals surface area contributed by atoms with Gasteiger partial charge in [-0.05, 0) is 36.5 Å². The molecule has 9 heteroatoms. The SMILES string of the molecule is Nc1ccc(S(=O)(=O)NC2CCSCC2)c([N+](=O)[O-])c1. The monoisotopic (exact) mass is 317 g/mol. The number of anilines is 1. The second kappa shape index (κ2) is 5.98. The van der Waals surface area contributed by atoms with Crippen molar-refractivity contribution in [2.24, 2.45) is 0 Å². The standard InChI is InChI=1S/C11H15N3O4S2/c12-8-1-2-11(10(7-8)14(15)16)20(17,18)13-9-3-5-19-6-4-9/h1-2,7,9,13H,3-6,12H2. The summed E-state index contributed by atoms with van der Waals surface area (Å²) in [7, 11) is -3.91. The first kappa shape index (κ1) is 15.1. The Kier molecular flexibility index (Phi) is 4.51. The minimum absolute atomic E-state index is 0.157. The maximum atomic E-state index is 12.3. The number of thioether (sulfide) groups is 1. The van der Waals surface area contributed by atoms with Gasteiger partial charge in [0, 0.05) is 17.8 Å². The van der Waals surface area contributed by atoms with E-state index < -0.39 is 20.6 Å². The lowest BCUT2D eigenvalue weighted by molar-refractivity contribution is -0.387. The third kappa shape index (κ3) is 3.41. The van der Waals surface area contributed by atoms with Gasteiger partial charge >= 0.3 is 0 Å². The van der Waals surface area contributed by atoms with Gasteiger partial charge in [0.25, 0.3) is 5.69 Å². The molecule has 0 aromatic heterocycles. The molecule has 1 aromatic carbocycles. The van der Waals surface area contributed by atoms with Crippen LogP contribution in [0, 0.1) is 10.1 Å². The molecule has 7 nitrogen and oxygen atoms in total. The number of hydrogen-bond acceptors (Lipinski definition) is 6. The highest BCUT2D eigenvalue weighted by Gasteiger charge is 2.28. The smallest absolute Gasteiger partial charge is 0.291 e. The van der Waals surface area contributed by atoms with Gasteiger partial charge in [-0.25, -0.2) is 13.1 Å². The van der Waals surface area contributed by atoms with Crippen molar-refractivity contribution >= 4 is 33.2 Å². The van der Waals surface area contributed by atoms with Crippen LogP contribution in [0.15, 0.2) is 23.1 Å². The zero-order valence-electron chi connectivity index (χ0n) is 10.6. The first-order valence-electron chi connectivity index (χ1n) is 6.04. The van der Waals surface area contributed by atoms with Crippen molar-refractivity contribution in [3.05, 3.63) is 28.3 Å². The van der Waals surface area contributed by atoms with Gasteiger partial charge in [0.15, 0.2) is 4.90 Å². The maximum Gasteiger partial charge on any atom is 0.291 e. The molecular weight excluding hydrogens is 302 g/mol. The molecule has 0 spiro atoms. The number of sulfonamides is 1. The van der Waals surface area contributed by atoms with Crippen molar-refractivity contribution in [2.75, 3.05) is 17.2 Å². The van der Waals surface area contributed by atoms with E-state index in [4.69, 9.17) is 5.73 Å². The Hall–Kier alpha value is -1.32. The summed E-state index contributed by atoms with van der Waals surface area (Å²) in [6.07, 6.45) is 1.46. The third-order valence-electron chi connectivity index (χ3n) is 3.01. The zero-order valence-corrected chi connectivity index (χ0v) is 12.2. The molecule has 1 saturated heterocycles. The van der Waals surface area contributed by atoms with Gasteiger partial charge in [0.05, 0.1) is 4.92 Å². The summed E-state index contributed by atoms with van der Waals surface area (Å²) in [4.78, 5) is 9.89. The Morgan fingerprint density at radius 3 is 2.60 bits per heavy atom. The minimum atomic E-state index is -3.91. The summed E-state index contributed by atoms with van der Waals surface area (Å²) in [5.41, 5.74) is 5.13. The fraction of sp³-hybridized carbons (Fsp3) is 0.455. The van der Waals surface area contributed by atoms with Crippen LogP contribution in [0.25, 0.3) is 0 Å². The Morgan fingerprint density at radius 1 is 1.35 bits per heavy atom.